The van der Waals surface area contributed by atoms with Crippen LogP contribution in [0.5, 0.6) is 0 Å². The average Bonchev–Trinajstić information content (AvgIpc) is 2.98. The Kier molecular flexibility index (Phi) is 7.42. The Morgan fingerprint density at radius 2 is 1.79 bits per heavy atom. The highest BCUT2D eigenvalue weighted by Crippen LogP contribution is 2.30. The van der Waals surface area contributed by atoms with Gasteiger partial charge in [0, 0.05) is 31.7 Å². The number of nitrogens with zero attached hydrogens (tertiary/aromatic N) is 2. The maximum absolute atomic E-state index is 13.0. The molecule has 1 N–H and O–H groups in total. The summed E-state index contributed by atoms with van der Waals surface area (Å²) >= 11 is 0. The highest BCUT2D eigenvalue weighted by Gasteiger charge is 2.29. The van der Waals surface area contributed by atoms with Gasteiger partial charge in [0.25, 0.3) is 0 Å². The fourth-order valence-corrected chi connectivity index (χ4v) is 5.64. The number of benzene rings is 2. The van der Waals surface area contributed by atoms with Crippen LogP contribution in [-0.4, -0.2) is 63.9 Å². The van der Waals surface area contributed by atoms with Gasteiger partial charge in [0.05, 0.1) is 18.1 Å². The van der Waals surface area contributed by atoms with Gasteiger partial charge in [-0.1, -0.05) is 30.3 Å². The Balaban J connectivity index is 1.47. The lowest BCUT2D eigenvalue weighted by molar-refractivity contribution is -0.123. The minimum Gasteiger partial charge on any atom is -0.379 e. The minimum atomic E-state index is -3.63. The van der Waals surface area contributed by atoms with Gasteiger partial charge in [-0.05, 0) is 48.6 Å². The number of morpholine rings is 1. The topological polar surface area (TPSA) is 96.0 Å². The number of rotatable bonds is 7. The van der Waals surface area contributed by atoms with Crippen LogP contribution in [0.15, 0.2) is 53.4 Å². The monoisotopic (exact) mass is 471 g/mol. The number of anilines is 1. The summed E-state index contributed by atoms with van der Waals surface area (Å²) in [6, 6.07) is 14.7. The Morgan fingerprint density at radius 1 is 1.03 bits per heavy atom. The molecular formula is C24H29N3O5S. The number of carbonyl (C=O) groups is 2. The summed E-state index contributed by atoms with van der Waals surface area (Å²) in [6.07, 6.45) is 2.22. The zero-order chi connectivity index (χ0) is 23.3. The molecule has 4 rings (SSSR count). The molecule has 176 valence electrons. The Bertz CT molecular complexity index is 1100. The first-order chi connectivity index (χ1) is 15.9. The predicted octanol–water partition coefficient (Wildman–Crippen LogP) is 1.74. The van der Waals surface area contributed by atoms with E-state index < -0.39 is 10.0 Å². The lowest BCUT2D eigenvalue weighted by Gasteiger charge is -2.27. The molecule has 0 saturated carbocycles. The van der Waals surface area contributed by atoms with Crippen molar-refractivity contribution in [3.8, 4) is 0 Å². The number of amides is 2. The van der Waals surface area contributed by atoms with Gasteiger partial charge in [-0.3, -0.25) is 9.59 Å². The maximum Gasteiger partial charge on any atom is 0.243 e. The van der Waals surface area contributed by atoms with E-state index in [4.69, 9.17) is 4.74 Å². The van der Waals surface area contributed by atoms with Crippen molar-refractivity contribution in [1.82, 2.24) is 9.62 Å². The first-order valence-corrected chi connectivity index (χ1v) is 12.7. The number of hydrogen-bond acceptors (Lipinski definition) is 5. The second-order valence-electron chi connectivity index (χ2n) is 8.23. The van der Waals surface area contributed by atoms with Crippen molar-refractivity contribution in [2.75, 3.05) is 44.3 Å². The summed E-state index contributed by atoms with van der Waals surface area (Å²) in [4.78, 5) is 27.0. The van der Waals surface area contributed by atoms with Gasteiger partial charge in [-0.15, -0.1) is 0 Å². The van der Waals surface area contributed by atoms with Crippen molar-refractivity contribution >= 4 is 27.5 Å². The molecule has 2 aromatic rings. The van der Waals surface area contributed by atoms with E-state index in [2.05, 4.69) is 5.32 Å². The van der Waals surface area contributed by atoms with Crippen LogP contribution < -0.4 is 10.2 Å². The molecule has 1 fully saturated rings. The quantitative estimate of drug-likeness (QED) is 0.664. The summed E-state index contributed by atoms with van der Waals surface area (Å²) in [7, 11) is -3.63. The van der Waals surface area contributed by atoms with Crippen LogP contribution in [0.1, 0.15) is 24.0 Å². The third-order valence-electron chi connectivity index (χ3n) is 5.97. The van der Waals surface area contributed by atoms with Crippen molar-refractivity contribution in [2.45, 2.75) is 30.6 Å². The number of aryl methyl sites for hydroxylation is 1. The van der Waals surface area contributed by atoms with Crippen LogP contribution in [0.4, 0.5) is 5.69 Å². The van der Waals surface area contributed by atoms with E-state index in [-0.39, 0.29) is 23.3 Å². The standard InChI is InChI=1S/C24H29N3O5S/c28-23(25-12-11-19-5-2-1-3-6-19)18-27-22-10-9-21(17-20(22)7-4-8-24(27)29)33(30,31)26-13-15-32-16-14-26/h1-3,5-6,9-10,17H,4,7-8,11-16,18H2,(H,25,28). The van der Waals surface area contributed by atoms with Crippen LogP contribution in [0.3, 0.4) is 0 Å². The van der Waals surface area contributed by atoms with Crippen molar-refractivity contribution in [2.24, 2.45) is 0 Å². The van der Waals surface area contributed by atoms with Crippen LogP contribution in [-0.2, 0) is 37.2 Å². The van der Waals surface area contributed by atoms with Gasteiger partial charge in [0.2, 0.25) is 21.8 Å². The summed E-state index contributed by atoms with van der Waals surface area (Å²) in [5.74, 6) is -0.368. The molecule has 0 unspecified atom stereocenters. The van der Waals surface area contributed by atoms with E-state index in [0.29, 0.717) is 64.2 Å². The van der Waals surface area contributed by atoms with Crippen LogP contribution in [0.2, 0.25) is 0 Å². The third kappa shape index (κ3) is 5.61. The molecule has 2 aliphatic heterocycles. The highest BCUT2D eigenvalue weighted by molar-refractivity contribution is 7.89. The molecule has 2 amide bonds. The number of hydrogen-bond donors (Lipinski definition) is 1. The molecule has 9 heteroatoms. The summed E-state index contributed by atoms with van der Waals surface area (Å²) < 4.78 is 32.8. The van der Waals surface area contributed by atoms with Gasteiger partial charge in [0.1, 0.15) is 6.54 Å². The fraction of sp³-hybridized carbons (Fsp3) is 0.417. The van der Waals surface area contributed by atoms with Crippen LogP contribution in [0, 0.1) is 0 Å². The SMILES string of the molecule is O=C(CN1C(=O)CCCc2cc(S(=O)(=O)N3CCOCC3)ccc21)NCCc1ccccc1. The predicted molar refractivity (Wildman–Crippen MR) is 124 cm³/mol. The Morgan fingerprint density at radius 3 is 2.55 bits per heavy atom. The molecule has 33 heavy (non-hydrogen) atoms. The smallest absolute Gasteiger partial charge is 0.243 e. The van der Waals surface area contributed by atoms with E-state index in [1.165, 1.54) is 15.3 Å². The van der Waals surface area contributed by atoms with Crippen LogP contribution >= 0.6 is 0 Å². The zero-order valence-electron chi connectivity index (χ0n) is 18.5. The molecule has 0 bridgehead atoms. The average molecular weight is 472 g/mol. The molecule has 2 heterocycles. The summed E-state index contributed by atoms with van der Waals surface area (Å²) in [5.41, 5.74) is 2.51. The number of fused-ring (bicyclic) bond motifs is 1. The largest absolute Gasteiger partial charge is 0.379 e. The van der Waals surface area contributed by atoms with Gasteiger partial charge >= 0.3 is 0 Å². The van der Waals surface area contributed by atoms with Crippen molar-refractivity contribution < 1.29 is 22.7 Å². The van der Waals surface area contributed by atoms with E-state index in [9.17, 15) is 18.0 Å². The number of sulfonamides is 1. The van der Waals surface area contributed by atoms with Crippen molar-refractivity contribution in [3.05, 3.63) is 59.7 Å². The van der Waals surface area contributed by atoms with Gasteiger partial charge < -0.3 is 15.0 Å². The molecule has 1 saturated heterocycles. The molecule has 0 aromatic heterocycles. The van der Waals surface area contributed by atoms with Gasteiger partial charge in [0.15, 0.2) is 0 Å². The van der Waals surface area contributed by atoms with Crippen molar-refractivity contribution in [3.63, 3.8) is 0 Å². The Labute approximate surface area is 194 Å². The maximum atomic E-state index is 13.0. The normalized spacial score (nSPS) is 17.3. The second kappa shape index (κ2) is 10.5. The zero-order valence-corrected chi connectivity index (χ0v) is 19.4. The fourth-order valence-electron chi connectivity index (χ4n) is 4.19. The van der Waals surface area contributed by atoms with E-state index in [1.54, 1.807) is 12.1 Å². The lowest BCUT2D eigenvalue weighted by atomic mass is 10.1. The first kappa shape index (κ1) is 23.4. The third-order valence-corrected chi connectivity index (χ3v) is 7.86. The summed E-state index contributed by atoms with van der Waals surface area (Å²) in [5, 5.41) is 2.88. The molecule has 8 nitrogen and oxygen atoms in total. The molecule has 2 aromatic carbocycles. The molecule has 0 spiro atoms. The van der Waals surface area contributed by atoms with Crippen molar-refractivity contribution in [1.29, 1.82) is 0 Å². The number of ether oxygens (including phenoxy) is 1. The van der Waals surface area contributed by atoms with E-state index in [0.717, 1.165) is 11.1 Å². The summed E-state index contributed by atoms with van der Waals surface area (Å²) in [6.45, 7) is 1.81. The van der Waals surface area contributed by atoms with Crippen LogP contribution in [0.25, 0.3) is 0 Å². The molecule has 0 atom stereocenters. The second-order valence-corrected chi connectivity index (χ2v) is 10.2. The first-order valence-electron chi connectivity index (χ1n) is 11.3. The Hall–Kier alpha value is -2.75. The van der Waals surface area contributed by atoms with E-state index in [1.807, 2.05) is 30.3 Å². The lowest BCUT2D eigenvalue weighted by Crippen LogP contribution is -2.41. The molecular weight excluding hydrogens is 442 g/mol. The minimum absolute atomic E-state index is 0.0871. The highest BCUT2D eigenvalue weighted by atomic mass is 32.2. The molecule has 0 aliphatic carbocycles. The number of nitrogens with one attached hydrogen (secondary N) is 1. The molecule has 2 aliphatic rings. The van der Waals surface area contributed by atoms with Gasteiger partial charge in [-0.25, -0.2) is 8.42 Å². The van der Waals surface area contributed by atoms with Gasteiger partial charge in [-0.2, -0.15) is 4.31 Å². The number of carbonyl (C=O) groups excluding carboxylic acids is 2. The molecule has 0 radical (unpaired) electrons. The van der Waals surface area contributed by atoms with E-state index >= 15 is 0 Å².